The van der Waals surface area contributed by atoms with Crippen molar-refractivity contribution >= 4 is 6.09 Å². The molecule has 0 bridgehead atoms. The van der Waals surface area contributed by atoms with Gasteiger partial charge in [-0.25, -0.2) is 9.18 Å². The molecule has 1 amide bonds. The number of amides is 1. The summed E-state index contributed by atoms with van der Waals surface area (Å²) in [6.07, 6.45) is 4.69. The van der Waals surface area contributed by atoms with Gasteiger partial charge < -0.3 is 21.5 Å². The minimum atomic E-state index is -0.840. The fourth-order valence-corrected chi connectivity index (χ4v) is 3.12. The quantitative estimate of drug-likeness (QED) is 0.797. The van der Waals surface area contributed by atoms with Gasteiger partial charge in [-0.3, -0.25) is 0 Å². The molecule has 1 aliphatic carbocycles. The van der Waals surface area contributed by atoms with Crippen LogP contribution in [0, 0.1) is 11.7 Å². The Morgan fingerprint density at radius 1 is 1.35 bits per heavy atom. The zero-order valence-electron chi connectivity index (χ0n) is 13.3. The predicted octanol–water partition coefficient (Wildman–Crippen LogP) is 2.71. The molecule has 2 atom stereocenters. The van der Waals surface area contributed by atoms with Crippen LogP contribution in [-0.2, 0) is 0 Å². The first kappa shape index (κ1) is 17.7. The Bertz CT molecular complexity index is 522. The molecule has 0 radical (unpaired) electrons. The molecule has 1 saturated heterocycles. The summed E-state index contributed by atoms with van der Waals surface area (Å²) in [5, 5.41) is 8.59. The molecule has 1 aromatic carbocycles. The summed E-state index contributed by atoms with van der Waals surface area (Å²) in [7, 11) is 0. The molecule has 2 fully saturated rings. The number of carboxylic acid groups (broad SMARTS) is 1. The standard InChI is InChI=1S/C11H14FN.C6H12N2O2/c12-10-6-2-5-9(7-10)11(13)8-3-1-4-8;7-4-5-2-1-3-8(5)6(9)10/h2,5-8,11H,1,3-4,13H2;5H,1-4,7H2,(H,9,10)/t11-;5-/m00/s1. The minimum absolute atomic E-state index is 0.0319. The fraction of sp³-hybridized carbons (Fsp3) is 0.588. The average molecular weight is 323 g/mol. The molecule has 0 unspecified atom stereocenters. The molecule has 5 N–H and O–H groups in total. The highest BCUT2D eigenvalue weighted by molar-refractivity contribution is 5.65. The van der Waals surface area contributed by atoms with Crippen molar-refractivity contribution < 1.29 is 14.3 Å². The van der Waals surface area contributed by atoms with Gasteiger partial charge in [0.1, 0.15) is 5.82 Å². The van der Waals surface area contributed by atoms with E-state index in [9.17, 15) is 9.18 Å². The van der Waals surface area contributed by atoms with Crippen LogP contribution in [-0.4, -0.2) is 35.2 Å². The third kappa shape index (κ3) is 4.65. The van der Waals surface area contributed by atoms with Crippen LogP contribution in [0.3, 0.4) is 0 Å². The highest BCUT2D eigenvalue weighted by Crippen LogP contribution is 2.36. The van der Waals surface area contributed by atoms with E-state index in [1.54, 1.807) is 12.1 Å². The maximum atomic E-state index is 12.9. The molecule has 3 rings (SSSR count). The van der Waals surface area contributed by atoms with Gasteiger partial charge in [-0.2, -0.15) is 0 Å². The highest BCUT2D eigenvalue weighted by atomic mass is 19.1. The van der Waals surface area contributed by atoms with Gasteiger partial charge in [0.05, 0.1) is 0 Å². The van der Waals surface area contributed by atoms with Gasteiger partial charge in [-0.05, 0) is 49.3 Å². The smallest absolute Gasteiger partial charge is 0.407 e. The monoisotopic (exact) mass is 323 g/mol. The van der Waals surface area contributed by atoms with Gasteiger partial charge in [0.2, 0.25) is 0 Å². The molecule has 1 heterocycles. The van der Waals surface area contributed by atoms with E-state index in [-0.39, 0.29) is 17.9 Å². The Balaban J connectivity index is 0.000000174. The van der Waals surface area contributed by atoms with E-state index in [1.165, 1.54) is 30.2 Å². The maximum absolute atomic E-state index is 12.9. The summed E-state index contributed by atoms with van der Waals surface area (Å²) >= 11 is 0. The van der Waals surface area contributed by atoms with Gasteiger partial charge in [0.25, 0.3) is 0 Å². The largest absolute Gasteiger partial charge is 0.465 e. The number of carbonyl (C=O) groups is 1. The van der Waals surface area contributed by atoms with Crippen molar-refractivity contribution in [2.45, 2.75) is 44.2 Å². The first-order valence-electron chi connectivity index (χ1n) is 8.23. The first-order valence-corrected chi connectivity index (χ1v) is 8.23. The molecule has 1 aliphatic heterocycles. The van der Waals surface area contributed by atoms with Gasteiger partial charge in [0, 0.05) is 25.2 Å². The van der Waals surface area contributed by atoms with Crippen LogP contribution >= 0.6 is 0 Å². The zero-order chi connectivity index (χ0) is 16.8. The first-order chi connectivity index (χ1) is 11.0. The summed E-state index contributed by atoms with van der Waals surface area (Å²) in [5.74, 6) is 0.383. The Morgan fingerprint density at radius 3 is 2.57 bits per heavy atom. The van der Waals surface area contributed by atoms with Crippen molar-refractivity contribution in [1.29, 1.82) is 0 Å². The minimum Gasteiger partial charge on any atom is -0.465 e. The van der Waals surface area contributed by atoms with E-state index in [0.717, 1.165) is 18.4 Å². The second-order valence-electron chi connectivity index (χ2n) is 6.28. The van der Waals surface area contributed by atoms with Crippen LogP contribution < -0.4 is 11.5 Å². The SMILES string of the molecule is NC[C@@H]1CCCN1C(=O)O.N[C@H](c1cccc(F)c1)C1CCC1. The van der Waals surface area contributed by atoms with Gasteiger partial charge in [-0.1, -0.05) is 18.6 Å². The van der Waals surface area contributed by atoms with Crippen LogP contribution in [0.4, 0.5) is 9.18 Å². The van der Waals surface area contributed by atoms with Crippen molar-refractivity contribution in [2.24, 2.45) is 17.4 Å². The Hall–Kier alpha value is -1.66. The Kier molecular flexibility index (Phi) is 6.36. The third-order valence-electron chi connectivity index (χ3n) is 4.79. The van der Waals surface area contributed by atoms with Crippen LogP contribution in [0.15, 0.2) is 24.3 Å². The van der Waals surface area contributed by atoms with Crippen molar-refractivity contribution in [3.8, 4) is 0 Å². The van der Waals surface area contributed by atoms with E-state index in [0.29, 0.717) is 19.0 Å². The molecule has 2 aliphatic rings. The molecule has 128 valence electrons. The molecule has 23 heavy (non-hydrogen) atoms. The van der Waals surface area contributed by atoms with Gasteiger partial charge in [0.15, 0.2) is 0 Å². The molecule has 1 saturated carbocycles. The van der Waals surface area contributed by atoms with Crippen molar-refractivity contribution in [2.75, 3.05) is 13.1 Å². The maximum Gasteiger partial charge on any atom is 0.407 e. The van der Waals surface area contributed by atoms with E-state index in [4.69, 9.17) is 16.6 Å². The number of nitrogens with zero attached hydrogens (tertiary/aromatic N) is 1. The summed E-state index contributed by atoms with van der Waals surface area (Å²) in [6.45, 7) is 1.10. The topological polar surface area (TPSA) is 92.6 Å². The average Bonchev–Trinajstić information content (AvgIpc) is 2.95. The van der Waals surface area contributed by atoms with E-state index in [2.05, 4.69) is 0 Å². The van der Waals surface area contributed by atoms with Gasteiger partial charge in [-0.15, -0.1) is 0 Å². The molecule has 1 aromatic rings. The van der Waals surface area contributed by atoms with Crippen molar-refractivity contribution in [1.82, 2.24) is 4.90 Å². The summed E-state index contributed by atoms with van der Waals surface area (Å²) in [6, 6.07) is 6.73. The Labute approximate surface area is 136 Å². The second kappa shape index (κ2) is 8.26. The molecular formula is C17H26FN3O2. The van der Waals surface area contributed by atoms with Crippen LogP contribution in [0.25, 0.3) is 0 Å². The summed E-state index contributed by atoms with van der Waals surface area (Å²) < 4.78 is 12.9. The molecule has 5 nitrogen and oxygen atoms in total. The normalized spacial score (nSPS) is 22.0. The predicted molar refractivity (Wildman–Crippen MR) is 87.5 cm³/mol. The lowest BCUT2D eigenvalue weighted by Crippen LogP contribution is -2.38. The molecule has 0 aromatic heterocycles. The number of likely N-dealkylation sites (tertiary alicyclic amines) is 1. The van der Waals surface area contributed by atoms with E-state index >= 15 is 0 Å². The molecule has 0 spiro atoms. The lowest BCUT2D eigenvalue weighted by Gasteiger charge is -2.31. The van der Waals surface area contributed by atoms with E-state index < -0.39 is 6.09 Å². The number of hydrogen-bond acceptors (Lipinski definition) is 3. The number of benzene rings is 1. The molecular weight excluding hydrogens is 297 g/mol. The van der Waals surface area contributed by atoms with Crippen molar-refractivity contribution in [3.05, 3.63) is 35.6 Å². The van der Waals surface area contributed by atoms with Gasteiger partial charge >= 0.3 is 6.09 Å². The van der Waals surface area contributed by atoms with E-state index in [1.807, 2.05) is 6.07 Å². The number of rotatable bonds is 3. The van der Waals surface area contributed by atoms with Crippen LogP contribution in [0.1, 0.15) is 43.7 Å². The molecule has 6 heteroatoms. The Morgan fingerprint density at radius 2 is 2.09 bits per heavy atom. The number of nitrogens with two attached hydrogens (primary N) is 2. The number of hydrogen-bond donors (Lipinski definition) is 3. The summed E-state index contributed by atoms with van der Waals surface area (Å²) in [4.78, 5) is 11.9. The third-order valence-corrected chi connectivity index (χ3v) is 4.79. The lowest BCUT2D eigenvalue weighted by molar-refractivity contribution is 0.141. The summed E-state index contributed by atoms with van der Waals surface area (Å²) in [5.41, 5.74) is 12.3. The van der Waals surface area contributed by atoms with Crippen LogP contribution in [0.5, 0.6) is 0 Å². The second-order valence-corrected chi connectivity index (χ2v) is 6.28. The zero-order valence-corrected chi connectivity index (χ0v) is 13.3. The number of halogens is 1. The van der Waals surface area contributed by atoms with Crippen molar-refractivity contribution in [3.63, 3.8) is 0 Å². The van der Waals surface area contributed by atoms with Crippen LogP contribution in [0.2, 0.25) is 0 Å². The lowest BCUT2D eigenvalue weighted by atomic mass is 9.77. The highest BCUT2D eigenvalue weighted by Gasteiger charge is 2.27. The fourth-order valence-electron chi connectivity index (χ4n) is 3.12.